The molecule has 0 bridgehead atoms. The smallest absolute Gasteiger partial charge is 0.325 e. The Bertz CT molecular complexity index is 379. The van der Waals surface area contributed by atoms with Crippen LogP contribution < -0.4 is 5.73 Å². The Morgan fingerprint density at radius 3 is 2.50 bits per heavy atom. The van der Waals surface area contributed by atoms with Gasteiger partial charge in [-0.3, -0.25) is 4.79 Å². The lowest BCUT2D eigenvalue weighted by atomic mass is 10.0. The number of carbonyl (C=O) groups is 1. The van der Waals surface area contributed by atoms with Crippen molar-refractivity contribution < 1.29 is 18.7 Å². The fourth-order valence-corrected chi connectivity index (χ4v) is 1.03. The van der Waals surface area contributed by atoms with Gasteiger partial charge in [0.05, 0.1) is 0 Å². The zero-order valence-corrected chi connectivity index (χ0v) is 7.42. The molecule has 0 radical (unpaired) electrons. The summed E-state index contributed by atoms with van der Waals surface area (Å²) in [6.45, 7) is 1.38. The van der Waals surface area contributed by atoms with Gasteiger partial charge in [-0.25, -0.2) is 8.78 Å². The van der Waals surface area contributed by atoms with Crippen LogP contribution in [0.3, 0.4) is 0 Å². The van der Waals surface area contributed by atoms with Crippen molar-refractivity contribution in [3.63, 3.8) is 0 Å². The van der Waals surface area contributed by atoms with Crippen molar-refractivity contribution in [2.24, 2.45) is 5.73 Å². The Morgan fingerprint density at radius 2 is 2.00 bits per heavy atom. The van der Waals surface area contributed by atoms with Crippen molar-refractivity contribution >= 4 is 5.97 Å². The van der Waals surface area contributed by atoms with Crippen LogP contribution in [0.1, 0.15) is 17.2 Å². The molecule has 0 saturated carbocycles. The van der Waals surface area contributed by atoms with Gasteiger partial charge in [0.1, 0.15) is 6.04 Å². The summed E-state index contributed by atoms with van der Waals surface area (Å²) in [6, 6.07) is 0.924. The Kier molecular flexibility index (Phi) is 2.81. The maximum Gasteiger partial charge on any atom is 0.325 e. The van der Waals surface area contributed by atoms with Crippen molar-refractivity contribution in [3.05, 3.63) is 34.9 Å². The van der Waals surface area contributed by atoms with Gasteiger partial charge in [-0.1, -0.05) is 12.1 Å². The number of aryl methyl sites for hydroxylation is 1. The molecule has 3 N–H and O–H groups in total. The molecule has 0 aliphatic carbocycles. The molecular formula is C9H9F2NO2. The summed E-state index contributed by atoms with van der Waals surface area (Å²) in [6.07, 6.45) is 0. The van der Waals surface area contributed by atoms with E-state index in [-0.39, 0.29) is 11.1 Å². The van der Waals surface area contributed by atoms with Gasteiger partial charge in [0, 0.05) is 5.56 Å². The van der Waals surface area contributed by atoms with Crippen LogP contribution in [0.15, 0.2) is 12.1 Å². The minimum atomic E-state index is -1.54. The quantitative estimate of drug-likeness (QED) is 0.759. The first-order valence-corrected chi connectivity index (χ1v) is 3.88. The molecule has 0 aromatic heterocycles. The van der Waals surface area contributed by atoms with Gasteiger partial charge in [-0.2, -0.15) is 0 Å². The normalized spacial score (nSPS) is 12.6. The van der Waals surface area contributed by atoms with E-state index in [4.69, 9.17) is 10.8 Å². The molecule has 0 fully saturated rings. The molecular weight excluding hydrogens is 192 g/mol. The van der Waals surface area contributed by atoms with Gasteiger partial charge < -0.3 is 10.8 Å². The van der Waals surface area contributed by atoms with Gasteiger partial charge in [-0.15, -0.1) is 0 Å². The van der Waals surface area contributed by atoms with Crippen molar-refractivity contribution in [1.29, 1.82) is 0 Å². The molecule has 0 spiro atoms. The standard InChI is InChI=1S/C9H9F2NO2/c1-4-2-3-5(7(11)6(4)10)8(12)9(13)14/h2-3,8H,12H2,1H3,(H,13,14)/t8-/m1/s1. The number of hydrogen-bond donors (Lipinski definition) is 2. The molecule has 0 heterocycles. The molecule has 5 heteroatoms. The van der Waals surface area contributed by atoms with E-state index in [9.17, 15) is 13.6 Å². The Balaban J connectivity index is 3.24. The van der Waals surface area contributed by atoms with Crippen LogP contribution >= 0.6 is 0 Å². The molecule has 0 amide bonds. The summed E-state index contributed by atoms with van der Waals surface area (Å²) in [7, 11) is 0. The summed E-state index contributed by atoms with van der Waals surface area (Å²) in [5.74, 6) is -3.65. The van der Waals surface area contributed by atoms with Crippen molar-refractivity contribution in [3.8, 4) is 0 Å². The van der Waals surface area contributed by atoms with Crippen LogP contribution in [-0.4, -0.2) is 11.1 Å². The van der Waals surface area contributed by atoms with Gasteiger partial charge in [0.15, 0.2) is 11.6 Å². The SMILES string of the molecule is Cc1ccc([C@@H](N)C(=O)O)c(F)c1F. The zero-order chi connectivity index (χ0) is 10.9. The lowest BCUT2D eigenvalue weighted by Gasteiger charge is -2.09. The average molecular weight is 201 g/mol. The number of halogens is 2. The van der Waals surface area contributed by atoms with E-state index in [1.54, 1.807) is 0 Å². The minimum Gasteiger partial charge on any atom is -0.480 e. The summed E-state index contributed by atoms with van der Waals surface area (Å²) < 4.78 is 26.1. The van der Waals surface area contributed by atoms with Crippen LogP contribution in [0.4, 0.5) is 8.78 Å². The van der Waals surface area contributed by atoms with E-state index >= 15 is 0 Å². The van der Waals surface area contributed by atoms with Crippen LogP contribution in [0.2, 0.25) is 0 Å². The second kappa shape index (κ2) is 3.71. The van der Waals surface area contributed by atoms with Gasteiger partial charge in [0.25, 0.3) is 0 Å². The lowest BCUT2D eigenvalue weighted by Crippen LogP contribution is -2.22. The predicted molar refractivity (Wildman–Crippen MR) is 45.7 cm³/mol. The number of hydrogen-bond acceptors (Lipinski definition) is 2. The second-order valence-corrected chi connectivity index (χ2v) is 2.92. The van der Waals surface area contributed by atoms with E-state index in [1.165, 1.54) is 19.1 Å². The minimum absolute atomic E-state index is 0.115. The van der Waals surface area contributed by atoms with E-state index in [0.717, 1.165) is 0 Å². The lowest BCUT2D eigenvalue weighted by molar-refractivity contribution is -0.138. The fraction of sp³-hybridized carbons (Fsp3) is 0.222. The third-order valence-electron chi connectivity index (χ3n) is 1.91. The van der Waals surface area contributed by atoms with Crippen molar-refractivity contribution in [2.75, 3.05) is 0 Å². The molecule has 0 aliphatic heterocycles. The summed E-state index contributed by atoms with van der Waals surface area (Å²) >= 11 is 0. The number of carboxylic acid groups (broad SMARTS) is 1. The molecule has 3 nitrogen and oxygen atoms in total. The number of nitrogens with two attached hydrogens (primary N) is 1. The third-order valence-corrected chi connectivity index (χ3v) is 1.91. The Morgan fingerprint density at radius 1 is 1.43 bits per heavy atom. The van der Waals surface area contributed by atoms with E-state index in [2.05, 4.69) is 0 Å². The molecule has 76 valence electrons. The first-order chi connectivity index (χ1) is 6.45. The first kappa shape index (κ1) is 10.6. The van der Waals surface area contributed by atoms with Gasteiger partial charge >= 0.3 is 5.97 Å². The molecule has 0 aliphatic rings. The molecule has 1 aromatic rings. The summed E-state index contributed by atoms with van der Waals surface area (Å²) in [5, 5.41) is 8.51. The number of rotatable bonds is 2. The largest absolute Gasteiger partial charge is 0.480 e. The Labute approximate surface area is 79.2 Å². The van der Waals surface area contributed by atoms with Crippen LogP contribution in [0, 0.1) is 18.6 Å². The average Bonchev–Trinajstić information content (AvgIpc) is 2.13. The monoisotopic (exact) mass is 201 g/mol. The molecule has 14 heavy (non-hydrogen) atoms. The highest BCUT2D eigenvalue weighted by molar-refractivity contribution is 5.75. The summed E-state index contributed by atoms with van der Waals surface area (Å²) in [4.78, 5) is 10.4. The molecule has 0 saturated heterocycles. The maximum atomic E-state index is 13.2. The van der Waals surface area contributed by atoms with Crippen LogP contribution in [0.25, 0.3) is 0 Å². The number of aliphatic carboxylic acids is 1. The second-order valence-electron chi connectivity index (χ2n) is 2.92. The van der Waals surface area contributed by atoms with Crippen LogP contribution in [-0.2, 0) is 4.79 Å². The maximum absolute atomic E-state index is 13.2. The van der Waals surface area contributed by atoms with Gasteiger partial charge in [0.2, 0.25) is 0 Å². The van der Waals surface area contributed by atoms with E-state index in [1.807, 2.05) is 0 Å². The van der Waals surface area contributed by atoms with Crippen molar-refractivity contribution in [1.82, 2.24) is 0 Å². The molecule has 0 unspecified atom stereocenters. The van der Waals surface area contributed by atoms with E-state index < -0.39 is 23.6 Å². The number of benzene rings is 1. The third kappa shape index (κ3) is 1.72. The van der Waals surface area contributed by atoms with E-state index in [0.29, 0.717) is 0 Å². The topological polar surface area (TPSA) is 63.3 Å². The summed E-state index contributed by atoms with van der Waals surface area (Å²) in [5.41, 5.74) is 4.92. The fourth-order valence-electron chi connectivity index (χ4n) is 1.03. The zero-order valence-electron chi connectivity index (χ0n) is 7.42. The van der Waals surface area contributed by atoms with Crippen molar-refractivity contribution in [2.45, 2.75) is 13.0 Å². The molecule has 1 rings (SSSR count). The highest BCUT2D eigenvalue weighted by Crippen LogP contribution is 2.20. The highest BCUT2D eigenvalue weighted by Gasteiger charge is 2.21. The number of carboxylic acids is 1. The molecule has 1 aromatic carbocycles. The highest BCUT2D eigenvalue weighted by atomic mass is 19.2. The molecule has 1 atom stereocenters. The Hall–Kier alpha value is -1.49. The first-order valence-electron chi connectivity index (χ1n) is 3.88. The van der Waals surface area contributed by atoms with Crippen LogP contribution in [0.5, 0.6) is 0 Å². The predicted octanol–water partition coefficient (Wildman–Crippen LogP) is 1.36. The van der Waals surface area contributed by atoms with Gasteiger partial charge in [-0.05, 0) is 12.5 Å².